The summed E-state index contributed by atoms with van der Waals surface area (Å²) in [5.41, 5.74) is 9.11. The molecule has 0 spiro atoms. The number of benzene rings is 7. The smallest absolute Gasteiger partial charge is 0.337 e. The summed E-state index contributed by atoms with van der Waals surface area (Å²) in [5.74, 6) is -16.8. The molecule has 0 aliphatic carbocycles. The number of amides is 8. The number of fused-ring (bicyclic) bond motifs is 14. The number of halogens is 2. The van der Waals surface area contributed by atoms with E-state index in [1.165, 1.54) is 55.6 Å². The number of nitrogens with two attached hydrogens (primary N) is 2. The van der Waals surface area contributed by atoms with E-state index in [0.717, 1.165) is 99.5 Å². The Kier molecular flexibility index (Phi) is 33.0. The minimum Gasteiger partial charge on any atom is -0.508 e. The van der Waals surface area contributed by atoms with Gasteiger partial charge in [0.05, 0.1) is 23.8 Å². The number of phenols is 4. The third-order valence-corrected chi connectivity index (χ3v) is 24.6. The van der Waals surface area contributed by atoms with Crippen molar-refractivity contribution in [1.29, 1.82) is 0 Å². The van der Waals surface area contributed by atoms with Crippen LogP contribution < -0.4 is 83.0 Å². The Bertz CT molecular complexity index is 5460. The fourth-order valence-corrected chi connectivity index (χ4v) is 17.2. The maximum atomic E-state index is 16.9. The van der Waals surface area contributed by atoms with E-state index >= 15 is 28.8 Å². The summed E-state index contributed by atoms with van der Waals surface area (Å²) in [7, 11) is 2.40. The summed E-state index contributed by atoms with van der Waals surface area (Å²) < 4.78 is 50.1. The lowest BCUT2D eigenvalue weighted by Gasteiger charge is -2.41. The zero-order valence-corrected chi connectivity index (χ0v) is 74.9. The van der Waals surface area contributed by atoms with Crippen molar-refractivity contribution in [2.75, 3.05) is 60.0 Å². The minimum absolute atomic E-state index is 0.124. The summed E-state index contributed by atoms with van der Waals surface area (Å²) in [6, 6.07) is 5.93. The number of hydrogen-bond acceptors (Lipinski definition) is 32. The van der Waals surface area contributed by atoms with Gasteiger partial charge in [0.2, 0.25) is 65.6 Å². The van der Waals surface area contributed by atoms with Crippen molar-refractivity contribution in [3.63, 3.8) is 0 Å². The number of aliphatic hydroxyl groups is 7. The van der Waals surface area contributed by atoms with Crippen molar-refractivity contribution >= 4 is 76.4 Å². The average molecular weight is 1900 g/mol. The second-order valence-corrected chi connectivity index (χ2v) is 34.6. The topological polar surface area (TPSA) is 614 Å². The van der Waals surface area contributed by atoms with Gasteiger partial charge in [-0.1, -0.05) is 99.5 Å². The van der Waals surface area contributed by atoms with Gasteiger partial charge in [0.25, 0.3) is 0 Å². The second-order valence-electron chi connectivity index (χ2n) is 33.9. The van der Waals surface area contributed by atoms with Gasteiger partial charge in [-0.2, -0.15) is 0 Å². The van der Waals surface area contributed by atoms with Crippen molar-refractivity contribution in [3.05, 3.63) is 164 Å². The van der Waals surface area contributed by atoms with Crippen molar-refractivity contribution in [2.24, 2.45) is 17.4 Å². The van der Waals surface area contributed by atoms with Crippen LogP contribution in [-0.4, -0.2) is 248 Å². The standard InChI is InChI=1S/C92H110Cl2N12O28/c1-42(2)13-8-6-5-7-9-14-65(112)100-74-77(115)79(117)82(90(126)127-4)134-91(74)133-81-62-35-47-36-63(81)130-59-24-19-46(33-54(59)93)75(113)73-89(125)104-71(84(120)98-27-12-30-106(28-10-25-95)29-11-26-96)52-37-48(108)38-61(131-92-80(118)78(116)76(114)64(41-107)132-92)66(52)51-32-44(17-22-56(51)109)69(86(122)105-73)101-87(123)70(47)102-88(124)72-53-39-50(40-58(111)67(53)94)129-60-34-45(18-23-57(60)110)68(97-3)85(121)99-55(83(119)103-72)31-43-15-20-49(128-62)21-16-43/h15-24,32-40,42,55,64,68-80,82,91-92,97,107-111,113-118H,5-14,25-31,41,95-96H2,1-4H3,(H,98,120)(H,99,121)(H,100,112)(H,101,123)(H,102,124)(H,103,119)(H,104,125)(H,105,122)/t55-,64-,68-,69-,70-,71-,72+,73+,74-,75-,76-,77-,78+,79+,80+,82+,91-,92+/m1/s1. The molecule has 0 radical (unpaired) electrons. The number of esters is 1. The third kappa shape index (κ3) is 23.0. The van der Waals surface area contributed by atoms with Crippen LogP contribution in [0.3, 0.4) is 0 Å². The van der Waals surface area contributed by atoms with Gasteiger partial charge in [-0.25, -0.2) is 4.79 Å². The third-order valence-electron chi connectivity index (χ3n) is 23.9. The number of unbranched alkanes of at least 4 members (excludes halogenated alkanes) is 4. The van der Waals surface area contributed by atoms with Gasteiger partial charge in [-0.3, -0.25) is 38.4 Å². The molecule has 17 bridgehead atoms. The molecular formula is C92H110Cl2N12O28. The number of hydrogen-bond donors (Lipinski definition) is 22. The van der Waals surface area contributed by atoms with Gasteiger partial charge in [-0.05, 0) is 178 Å². The molecule has 18 atom stereocenters. The fraction of sp³-hybridized carbons (Fsp3) is 0.446. The molecule has 8 heterocycles. The molecule has 0 aromatic heterocycles. The van der Waals surface area contributed by atoms with E-state index in [4.69, 9.17) is 72.6 Å². The second kappa shape index (κ2) is 44.5. The molecule has 7 aromatic rings. The lowest BCUT2D eigenvalue weighted by Crippen LogP contribution is -2.66. The predicted molar refractivity (Wildman–Crippen MR) is 477 cm³/mol. The number of phenolic OH excluding ortho intramolecular Hbond substituents is 4. The van der Waals surface area contributed by atoms with Gasteiger partial charge >= 0.3 is 5.97 Å². The Morgan fingerprint density at radius 2 is 1.20 bits per heavy atom. The van der Waals surface area contributed by atoms with E-state index in [-0.39, 0.29) is 47.8 Å². The first-order valence-electron chi connectivity index (χ1n) is 43.9. The van der Waals surface area contributed by atoms with E-state index in [0.29, 0.717) is 69.9 Å². The zero-order chi connectivity index (χ0) is 96.2. The lowest BCUT2D eigenvalue weighted by atomic mass is 9.89. The summed E-state index contributed by atoms with van der Waals surface area (Å²) in [6.45, 7) is 5.36. The summed E-state index contributed by atoms with van der Waals surface area (Å²) >= 11 is 14.4. The molecule has 8 aliphatic heterocycles. The van der Waals surface area contributed by atoms with E-state index in [2.05, 4.69) is 66.6 Å². The Morgan fingerprint density at radius 1 is 0.560 bits per heavy atom. The SMILES string of the molecule is CN[C@H]1C(=O)N[C@@H]2Cc3ccc(cc3)Oc3cc4cc(c3O[C@@H]3O[C@H](C(=O)OC)[C@@H](O)[C@H](O)[C@H]3NC(=O)CCCCCCCC(C)C)Oc3ccc(cc3Cl)[C@@H](O)[C@@H]3NC(=O)[C@H](NC(=O)[C@@H]4NC(=O)[C@@H](NC2=O)c2cc(cc(O)c2Cl)Oc2cc1ccc2O)c1ccc(O)c(c1)-c1c(O[C@H]2O[C@H](CO)[C@@H](O)[C@H](O)[C@@H]2O)cc(O)cc1[C@H](C(=O)NCCCN(CCCN)CCCN)NC3=O. The van der Waals surface area contributed by atoms with Crippen LogP contribution in [0.4, 0.5) is 0 Å². The van der Waals surface area contributed by atoms with Crippen LogP contribution in [0, 0.1) is 5.92 Å². The number of carbonyl (C=O) groups excluding carboxylic acids is 9. The first-order chi connectivity index (χ1) is 64.2. The first kappa shape index (κ1) is 99.5. The number of aromatic hydroxyl groups is 4. The highest BCUT2D eigenvalue weighted by Gasteiger charge is 2.52. The molecule has 2 fully saturated rings. The van der Waals surface area contributed by atoms with Crippen molar-refractivity contribution in [3.8, 4) is 80.1 Å². The van der Waals surface area contributed by atoms with Crippen molar-refractivity contribution in [2.45, 2.75) is 194 Å². The normalized spacial score (nSPS) is 25.2. The van der Waals surface area contributed by atoms with Crippen LogP contribution in [-0.2, 0) is 63.8 Å². The summed E-state index contributed by atoms with van der Waals surface area (Å²) in [6.07, 6.45) is -15.2. The highest BCUT2D eigenvalue weighted by molar-refractivity contribution is 6.33. The van der Waals surface area contributed by atoms with Crippen LogP contribution >= 0.6 is 23.2 Å². The Labute approximate surface area is 778 Å². The number of aliphatic hydroxyl groups excluding tert-OH is 7. The minimum atomic E-state index is -2.45. The maximum absolute atomic E-state index is 16.9. The average Bonchev–Trinajstić information content (AvgIpc) is 0.762. The highest BCUT2D eigenvalue weighted by Crippen LogP contribution is 2.51. The molecule has 24 N–H and O–H groups in total. The zero-order valence-electron chi connectivity index (χ0n) is 73.4. The van der Waals surface area contributed by atoms with Gasteiger partial charge in [-0.15, -0.1) is 0 Å². The van der Waals surface area contributed by atoms with Crippen LogP contribution in [0.15, 0.2) is 115 Å². The van der Waals surface area contributed by atoms with Crippen LogP contribution in [0.2, 0.25) is 10.0 Å². The van der Waals surface area contributed by atoms with E-state index in [9.17, 15) is 70.6 Å². The number of rotatable bonds is 27. The largest absolute Gasteiger partial charge is 0.508 e. The van der Waals surface area contributed by atoms with Crippen LogP contribution in [0.1, 0.15) is 153 Å². The van der Waals surface area contributed by atoms with E-state index in [1.807, 2.05) is 0 Å². The van der Waals surface area contributed by atoms with Gasteiger partial charge in [0.1, 0.15) is 131 Å². The molecular weight excluding hydrogens is 1790 g/mol. The molecule has 42 heteroatoms. The molecule has 134 heavy (non-hydrogen) atoms. The molecule has 720 valence electrons. The quantitative estimate of drug-likeness (QED) is 0.0259. The van der Waals surface area contributed by atoms with Crippen LogP contribution in [0.25, 0.3) is 11.1 Å². The number of ether oxygens (including phenoxy) is 8. The molecule has 8 amide bonds. The van der Waals surface area contributed by atoms with Gasteiger partial charge < -0.3 is 158 Å². The predicted octanol–water partition coefficient (Wildman–Crippen LogP) is 3.30. The Balaban J connectivity index is 1.04. The highest BCUT2D eigenvalue weighted by atomic mass is 35.5. The monoisotopic (exact) mass is 1900 g/mol. The molecule has 7 aromatic carbocycles. The molecule has 40 nitrogen and oxygen atoms in total. The fourth-order valence-electron chi connectivity index (χ4n) is 16.7. The molecule has 0 unspecified atom stereocenters. The van der Waals surface area contributed by atoms with Crippen molar-refractivity contribution < 1.29 is 137 Å². The molecule has 15 rings (SSSR count). The number of carbonyl (C=O) groups is 9. The van der Waals surface area contributed by atoms with E-state index < -0.39 is 271 Å². The maximum Gasteiger partial charge on any atom is 0.337 e. The number of nitrogens with zero attached hydrogens (tertiary/aromatic N) is 1. The lowest BCUT2D eigenvalue weighted by molar-refractivity contribution is -0.277. The molecule has 8 aliphatic rings. The van der Waals surface area contributed by atoms with Crippen molar-refractivity contribution in [1.82, 2.24) is 52.8 Å². The van der Waals surface area contributed by atoms with E-state index in [1.54, 1.807) is 0 Å². The molecule has 0 saturated carbocycles. The number of likely N-dealkylation sites (N-methyl/N-ethyl adjacent to an activating group) is 1. The number of methoxy groups -OCH3 is 1. The Morgan fingerprint density at radius 3 is 1.90 bits per heavy atom. The first-order valence-corrected chi connectivity index (χ1v) is 44.7. The van der Waals surface area contributed by atoms with Gasteiger partial charge in [0, 0.05) is 48.2 Å². The summed E-state index contributed by atoms with van der Waals surface area (Å²) in [4.78, 5) is 142. The Hall–Kier alpha value is -12.0. The summed E-state index contributed by atoms with van der Waals surface area (Å²) in [5, 5.41) is 152. The van der Waals surface area contributed by atoms with Crippen LogP contribution in [0.5, 0.6) is 69.0 Å². The molecule has 2 saturated heterocycles. The van der Waals surface area contributed by atoms with Gasteiger partial charge in [0.15, 0.2) is 29.1 Å². The number of nitrogens with one attached hydrogen (secondary N) is 9.